The molecule has 1 fully saturated rings. The van der Waals surface area contributed by atoms with Gasteiger partial charge in [0.2, 0.25) is 0 Å². The van der Waals surface area contributed by atoms with Gasteiger partial charge in [0.15, 0.2) is 0 Å². The van der Waals surface area contributed by atoms with Gasteiger partial charge in [-0.05, 0) is 43.5 Å². The summed E-state index contributed by atoms with van der Waals surface area (Å²) in [7, 11) is -3.38. The average Bonchev–Trinajstić information content (AvgIpc) is 3.12. The van der Waals surface area contributed by atoms with Gasteiger partial charge in [0.25, 0.3) is 15.9 Å². The summed E-state index contributed by atoms with van der Waals surface area (Å²) in [5, 5.41) is 2.83. The Bertz CT molecular complexity index is 871. The lowest BCUT2D eigenvalue weighted by Crippen LogP contribution is -2.35. The minimum atomic E-state index is -3.38. The summed E-state index contributed by atoms with van der Waals surface area (Å²) >= 11 is 1.28. The van der Waals surface area contributed by atoms with Crippen molar-refractivity contribution in [1.82, 2.24) is 9.62 Å². The maximum Gasteiger partial charge on any atom is 0.253 e. The van der Waals surface area contributed by atoms with E-state index in [1.165, 1.54) is 11.3 Å². The Morgan fingerprint density at radius 3 is 2.58 bits per heavy atom. The molecule has 8 heteroatoms. The fraction of sp³-hybridized carbons (Fsp3) is 0.389. The minimum Gasteiger partial charge on any atom is -0.398 e. The van der Waals surface area contributed by atoms with Crippen LogP contribution in [0.3, 0.4) is 0 Å². The molecule has 0 spiro atoms. The van der Waals surface area contributed by atoms with E-state index in [-0.39, 0.29) is 5.91 Å². The van der Waals surface area contributed by atoms with E-state index in [0.717, 1.165) is 24.1 Å². The van der Waals surface area contributed by atoms with Gasteiger partial charge in [-0.3, -0.25) is 4.79 Å². The van der Waals surface area contributed by atoms with E-state index in [4.69, 9.17) is 5.73 Å². The van der Waals surface area contributed by atoms with Crippen LogP contribution in [0.2, 0.25) is 0 Å². The van der Waals surface area contributed by atoms with Crippen LogP contribution < -0.4 is 11.1 Å². The standard InChI is InChI=1S/C18H23N3O3S2/c19-16-7-3-2-6-15(16)18(22)20-11-10-14-8-9-17(25-14)26(23,24)21-12-4-1-5-13-21/h2-3,6-9H,1,4-5,10-13,19H2,(H,20,22). The smallest absolute Gasteiger partial charge is 0.253 e. The molecular weight excluding hydrogens is 370 g/mol. The Hall–Kier alpha value is -1.90. The van der Waals surface area contributed by atoms with Crippen molar-refractivity contribution in [3.63, 3.8) is 0 Å². The van der Waals surface area contributed by atoms with Crippen LogP contribution >= 0.6 is 11.3 Å². The lowest BCUT2D eigenvalue weighted by molar-refractivity contribution is 0.0955. The van der Waals surface area contributed by atoms with Crippen LogP contribution in [-0.2, 0) is 16.4 Å². The largest absolute Gasteiger partial charge is 0.398 e. The summed E-state index contributed by atoms with van der Waals surface area (Å²) < 4.78 is 27.3. The first-order valence-corrected chi connectivity index (χ1v) is 11.0. The summed E-state index contributed by atoms with van der Waals surface area (Å²) in [6.07, 6.45) is 3.52. The number of sulfonamides is 1. The molecule has 2 heterocycles. The summed E-state index contributed by atoms with van der Waals surface area (Å²) in [4.78, 5) is 13.1. The molecule has 0 saturated carbocycles. The van der Waals surface area contributed by atoms with Gasteiger partial charge in [-0.25, -0.2) is 8.42 Å². The van der Waals surface area contributed by atoms with Gasteiger partial charge in [-0.15, -0.1) is 11.3 Å². The van der Waals surface area contributed by atoms with Crippen molar-refractivity contribution in [2.75, 3.05) is 25.4 Å². The van der Waals surface area contributed by atoms with Gasteiger partial charge in [0.1, 0.15) is 4.21 Å². The fourth-order valence-electron chi connectivity index (χ4n) is 2.96. The molecule has 1 aromatic heterocycles. The van der Waals surface area contributed by atoms with Gasteiger partial charge < -0.3 is 11.1 Å². The van der Waals surface area contributed by atoms with Crippen LogP contribution in [0.15, 0.2) is 40.6 Å². The lowest BCUT2D eigenvalue weighted by Gasteiger charge is -2.25. The first-order chi connectivity index (χ1) is 12.5. The molecule has 6 nitrogen and oxygen atoms in total. The molecule has 3 rings (SSSR count). The summed E-state index contributed by atoms with van der Waals surface area (Å²) in [6, 6.07) is 10.4. The van der Waals surface area contributed by atoms with Gasteiger partial charge in [0, 0.05) is 30.2 Å². The third kappa shape index (κ3) is 4.25. The van der Waals surface area contributed by atoms with Crippen molar-refractivity contribution in [1.29, 1.82) is 0 Å². The molecule has 1 amide bonds. The number of amides is 1. The monoisotopic (exact) mass is 393 g/mol. The predicted molar refractivity (Wildman–Crippen MR) is 104 cm³/mol. The highest BCUT2D eigenvalue weighted by atomic mass is 32.2. The zero-order chi connectivity index (χ0) is 18.6. The highest BCUT2D eigenvalue weighted by molar-refractivity contribution is 7.91. The van der Waals surface area contributed by atoms with Crippen LogP contribution in [0.1, 0.15) is 34.5 Å². The van der Waals surface area contributed by atoms with Crippen LogP contribution in [0.25, 0.3) is 0 Å². The van der Waals surface area contributed by atoms with E-state index in [0.29, 0.717) is 41.5 Å². The highest BCUT2D eigenvalue weighted by Crippen LogP contribution is 2.27. The lowest BCUT2D eigenvalue weighted by atomic mass is 10.1. The Morgan fingerprint density at radius 1 is 1.12 bits per heavy atom. The third-order valence-electron chi connectivity index (χ3n) is 4.41. The summed E-state index contributed by atoms with van der Waals surface area (Å²) in [6.45, 7) is 1.63. The molecular formula is C18H23N3O3S2. The van der Waals surface area contributed by atoms with Crippen molar-refractivity contribution in [2.24, 2.45) is 0 Å². The first kappa shape index (κ1) is 18.9. The van der Waals surface area contributed by atoms with Gasteiger partial charge in [-0.1, -0.05) is 18.6 Å². The molecule has 0 aliphatic carbocycles. The first-order valence-electron chi connectivity index (χ1n) is 8.70. The number of rotatable bonds is 6. The third-order valence-corrected chi connectivity index (χ3v) is 7.92. The number of nitrogens with one attached hydrogen (secondary N) is 1. The van der Waals surface area contributed by atoms with Crippen molar-refractivity contribution in [2.45, 2.75) is 29.9 Å². The van der Waals surface area contributed by atoms with Crippen LogP contribution in [0.5, 0.6) is 0 Å². The number of benzene rings is 1. The number of hydrogen-bond donors (Lipinski definition) is 2. The number of anilines is 1. The molecule has 1 aliphatic heterocycles. The molecule has 1 aromatic carbocycles. The summed E-state index contributed by atoms with van der Waals surface area (Å²) in [5.74, 6) is -0.221. The molecule has 0 bridgehead atoms. The van der Waals surface area contributed by atoms with Gasteiger partial charge in [-0.2, -0.15) is 4.31 Å². The van der Waals surface area contributed by atoms with Crippen LogP contribution in [0, 0.1) is 0 Å². The number of nitrogens with two attached hydrogens (primary N) is 1. The number of nitrogens with zero attached hydrogens (tertiary/aromatic N) is 1. The number of nitrogen functional groups attached to an aromatic ring is 1. The Morgan fingerprint density at radius 2 is 1.85 bits per heavy atom. The van der Waals surface area contributed by atoms with Gasteiger partial charge >= 0.3 is 0 Å². The Kier molecular flexibility index (Phi) is 5.95. The van der Waals surface area contributed by atoms with Crippen molar-refractivity contribution in [3.8, 4) is 0 Å². The summed E-state index contributed by atoms with van der Waals surface area (Å²) in [5.41, 5.74) is 6.69. The number of carbonyl (C=O) groups is 1. The molecule has 140 valence electrons. The number of carbonyl (C=O) groups excluding carboxylic acids is 1. The zero-order valence-corrected chi connectivity index (χ0v) is 16.1. The number of para-hydroxylation sites is 1. The van der Waals surface area contributed by atoms with E-state index in [9.17, 15) is 13.2 Å². The molecule has 0 atom stereocenters. The molecule has 0 radical (unpaired) electrons. The predicted octanol–water partition coefficient (Wildman–Crippen LogP) is 2.48. The number of piperidine rings is 1. The molecule has 3 N–H and O–H groups in total. The fourth-order valence-corrected chi connectivity index (χ4v) is 5.99. The van der Waals surface area contributed by atoms with Crippen molar-refractivity contribution in [3.05, 3.63) is 46.8 Å². The Labute approximate surface area is 158 Å². The maximum absolute atomic E-state index is 12.7. The quantitative estimate of drug-likeness (QED) is 0.738. The average molecular weight is 394 g/mol. The molecule has 1 aliphatic rings. The van der Waals surface area contributed by atoms with Crippen molar-refractivity contribution < 1.29 is 13.2 Å². The second-order valence-electron chi connectivity index (χ2n) is 6.28. The van der Waals surface area contributed by atoms with E-state index in [1.807, 2.05) is 6.07 Å². The van der Waals surface area contributed by atoms with Crippen LogP contribution in [-0.4, -0.2) is 38.3 Å². The molecule has 0 unspecified atom stereocenters. The molecule has 1 saturated heterocycles. The number of thiophene rings is 1. The maximum atomic E-state index is 12.7. The highest BCUT2D eigenvalue weighted by Gasteiger charge is 2.27. The molecule has 26 heavy (non-hydrogen) atoms. The second-order valence-corrected chi connectivity index (χ2v) is 9.61. The normalized spacial score (nSPS) is 15.7. The van der Waals surface area contributed by atoms with E-state index in [1.54, 1.807) is 34.6 Å². The van der Waals surface area contributed by atoms with E-state index >= 15 is 0 Å². The van der Waals surface area contributed by atoms with Crippen molar-refractivity contribution >= 4 is 33.0 Å². The van der Waals surface area contributed by atoms with E-state index in [2.05, 4.69) is 5.32 Å². The second kappa shape index (κ2) is 8.20. The van der Waals surface area contributed by atoms with E-state index < -0.39 is 10.0 Å². The Balaban J connectivity index is 1.57. The zero-order valence-electron chi connectivity index (χ0n) is 14.5. The molecule has 2 aromatic rings. The minimum absolute atomic E-state index is 0.221. The number of hydrogen-bond acceptors (Lipinski definition) is 5. The van der Waals surface area contributed by atoms with Gasteiger partial charge in [0.05, 0.1) is 5.56 Å². The van der Waals surface area contributed by atoms with Crippen LogP contribution in [0.4, 0.5) is 5.69 Å². The SMILES string of the molecule is Nc1ccccc1C(=O)NCCc1ccc(S(=O)(=O)N2CCCCC2)s1. The topological polar surface area (TPSA) is 92.5 Å².